The molecule has 0 aliphatic heterocycles. The molecule has 218 valence electrons. The molecule has 0 saturated carbocycles. The molecule has 0 aliphatic carbocycles. The third-order valence-electron chi connectivity index (χ3n) is 7.51. The van der Waals surface area contributed by atoms with Gasteiger partial charge in [-0.15, -0.1) is 5.73 Å². The lowest BCUT2D eigenvalue weighted by Crippen LogP contribution is -2.66. The minimum Gasteiger partial charge on any atom is -0.505 e. The van der Waals surface area contributed by atoms with E-state index in [1.807, 2.05) is 66.7 Å². The molecule has 0 bridgehead atoms. The molecule has 0 aliphatic rings. The molecule has 6 heteroatoms. The van der Waals surface area contributed by atoms with Crippen LogP contribution in [0.3, 0.4) is 0 Å². The number of hydrogen-bond acceptors (Lipinski definition) is 4. The van der Waals surface area contributed by atoms with E-state index in [0.29, 0.717) is 12.0 Å². The number of phenolic OH excluding ortho intramolecular Hbond substituents is 1. The van der Waals surface area contributed by atoms with Crippen molar-refractivity contribution in [2.75, 3.05) is 6.61 Å². The monoisotopic (exact) mass is 582 g/mol. The van der Waals surface area contributed by atoms with Crippen molar-refractivity contribution in [3.63, 3.8) is 0 Å². The first-order valence-corrected chi connectivity index (χ1v) is 16.1. The van der Waals surface area contributed by atoms with E-state index in [9.17, 15) is 19.7 Å². The molecule has 4 rings (SSSR count). The van der Waals surface area contributed by atoms with Gasteiger partial charge >= 0.3 is 0 Å². The first-order chi connectivity index (χ1) is 20.1. The summed E-state index contributed by atoms with van der Waals surface area (Å²) in [5, 5.41) is 33.4. The Kier molecular flexibility index (Phi) is 10.3. The van der Waals surface area contributed by atoms with Gasteiger partial charge in [0.05, 0.1) is 18.8 Å². The van der Waals surface area contributed by atoms with Crippen molar-refractivity contribution >= 4 is 18.7 Å². The fraction of sp³-hybridized carbons (Fsp3) is 0.250. The summed E-state index contributed by atoms with van der Waals surface area (Å²) in [6, 6.07) is 34.0. The van der Waals surface area contributed by atoms with Crippen LogP contribution in [0.1, 0.15) is 56.9 Å². The van der Waals surface area contributed by atoms with E-state index in [2.05, 4.69) is 50.8 Å². The summed E-state index contributed by atoms with van der Waals surface area (Å²) < 4.78 is 21.0. The van der Waals surface area contributed by atoms with Crippen molar-refractivity contribution in [3.05, 3.63) is 144 Å². The minimum absolute atomic E-state index is 0.175. The van der Waals surface area contributed by atoms with Crippen LogP contribution in [-0.2, 0) is 4.43 Å². The van der Waals surface area contributed by atoms with Gasteiger partial charge in [0.1, 0.15) is 0 Å². The van der Waals surface area contributed by atoms with E-state index in [-0.39, 0.29) is 18.1 Å². The largest absolute Gasteiger partial charge is 0.505 e. The van der Waals surface area contributed by atoms with Crippen LogP contribution in [0.2, 0.25) is 5.04 Å². The highest BCUT2D eigenvalue weighted by Gasteiger charge is 2.50. The average Bonchev–Trinajstić information content (AvgIpc) is 2.99. The molecule has 0 radical (unpaired) electrons. The Hall–Kier alpha value is -3.77. The van der Waals surface area contributed by atoms with Crippen LogP contribution in [0.4, 0.5) is 4.39 Å². The Labute approximate surface area is 249 Å². The maximum atomic E-state index is 13.9. The van der Waals surface area contributed by atoms with E-state index >= 15 is 0 Å². The number of hydrogen-bond donors (Lipinski definition) is 3. The average molecular weight is 583 g/mol. The fourth-order valence-electron chi connectivity index (χ4n) is 5.32. The Bertz CT molecular complexity index is 1450. The molecule has 0 spiro atoms. The highest BCUT2D eigenvalue weighted by atomic mass is 28.4. The standard InChI is InChI=1S/C36H39FO4Si/c1-36(2,3)42(30-17-9-5-10-18-30,31-19-11-6-12-20-31)41-26-27(24-35(40)28-15-7-4-8-16-28)14-13-21-33(38)29-22-23-34(39)32(37)25-29/h4-13,15-20,22-23,25,33,35,38-40H,21,24,26H2,1-3H3/t14?,33-,35-/m1/s1. The topological polar surface area (TPSA) is 69.9 Å². The maximum absolute atomic E-state index is 13.9. The molecule has 0 aromatic heterocycles. The highest BCUT2D eigenvalue weighted by Crippen LogP contribution is 2.37. The van der Waals surface area contributed by atoms with Gasteiger partial charge in [0.2, 0.25) is 0 Å². The van der Waals surface area contributed by atoms with Crippen molar-refractivity contribution in [2.45, 2.75) is 50.9 Å². The molecule has 4 aromatic rings. The number of phenols is 1. The van der Waals surface area contributed by atoms with Crippen molar-refractivity contribution in [1.29, 1.82) is 0 Å². The number of halogens is 1. The Morgan fingerprint density at radius 1 is 0.810 bits per heavy atom. The minimum atomic E-state index is -2.84. The zero-order valence-electron chi connectivity index (χ0n) is 24.4. The molecule has 0 saturated heterocycles. The molecule has 3 N–H and O–H groups in total. The fourth-order valence-corrected chi connectivity index (χ4v) is 9.87. The SMILES string of the molecule is CC(C)(C)[Si](OCC(=C=CC[C@@H](O)c1ccc(O)c(F)c1)C[C@@H](O)c1ccccc1)(c1ccccc1)c1ccccc1. The van der Waals surface area contributed by atoms with Crippen LogP contribution in [0, 0.1) is 5.82 Å². The number of aliphatic hydroxyl groups is 2. The zero-order valence-corrected chi connectivity index (χ0v) is 25.4. The molecule has 0 heterocycles. The quantitative estimate of drug-likeness (QED) is 0.135. The predicted molar refractivity (Wildman–Crippen MR) is 169 cm³/mol. The first-order valence-electron chi connectivity index (χ1n) is 14.2. The van der Waals surface area contributed by atoms with E-state index < -0.39 is 32.1 Å². The molecule has 0 amide bonds. The molecule has 4 aromatic carbocycles. The van der Waals surface area contributed by atoms with E-state index in [0.717, 1.165) is 27.6 Å². The second kappa shape index (κ2) is 13.9. The van der Waals surface area contributed by atoms with Crippen LogP contribution in [0.15, 0.2) is 127 Å². The van der Waals surface area contributed by atoms with E-state index in [1.54, 1.807) is 6.08 Å². The lowest BCUT2D eigenvalue weighted by atomic mass is 10.0. The van der Waals surface area contributed by atoms with Crippen LogP contribution >= 0.6 is 0 Å². The van der Waals surface area contributed by atoms with Crippen molar-refractivity contribution in [3.8, 4) is 5.75 Å². The van der Waals surface area contributed by atoms with Gasteiger partial charge in [-0.25, -0.2) is 4.39 Å². The van der Waals surface area contributed by atoms with Crippen LogP contribution in [0.5, 0.6) is 5.75 Å². The molecular weight excluding hydrogens is 543 g/mol. The second-order valence-electron chi connectivity index (χ2n) is 11.5. The number of rotatable bonds is 11. The lowest BCUT2D eigenvalue weighted by molar-refractivity contribution is 0.173. The van der Waals surface area contributed by atoms with E-state index in [4.69, 9.17) is 4.43 Å². The van der Waals surface area contributed by atoms with Crippen molar-refractivity contribution < 1.29 is 24.1 Å². The van der Waals surface area contributed by atoms with Gasteiger partial charge in [-0.2, -0.15) is 0 Å². The molecule has 0 unspecified atom stereocenters. The Morgan fingerprint density at radius 2 is 1.36 bits per heavy atom. The number of aliphatic hydroxyl groups excluding tert-OH is 2. The summed E-state index contributed by atoms with van der Waals surface area (Å²) in [6.07, 6.45) is 0.431. The van der Waals surface area contributed by atoms with Gasteiger partial charge in [0.15, 0.2) is 11.6 Å². The summed E-state index contributed by atoms with van der Waals surface area (Å²) in [6.45, 7) is 6.87. The van der Waals surface area contributed by atoms with Crippen LogP contribution in [0.25, 0.3) is 0 Å². The van der Waals surface area contributed by atoms with Gasteiger partial charge in [-0.05, 0) is 50.3 Å². The van der Waals surface area contributed by atoms with Crippen molar-refractivity contribution in [2.24, 2.45) is 0 Å². The first kappa shape index (κ1) is 31.2. The molecule has 42 heavy (non-hydrogen) atoms. The summed E-state index contributed by atoms with van der Waals surface area (Å²) in [4.78, 5) is 0. The number of benzene rings is 4. The summed E-state index contributed by atoms with van der Waals surface area (Å²) in [5.41, 5.74) is 5.21. The third kappa shape index (κ3) is 7.35. The maximum Gasteiger partial charge on any atom is 0.261 e. The molecule has 2 atom stereocenters. The van der Waals surface area contributed by atoms with Gasteiger partial charge < -0.3 is 19.7 Å². The van der Waals surface area contributed by atoms with Gasteiger partial charge in [-0.1, -0.05) is 118 Å². The summed E-state index contributed by atoms with van der Waals surface area (Å²) >= 11 is 0. The van der Waals surface area contributed by atoms with Gasteiger partial charge in [-0.3, -0.25) is 0 Å². The predicted octanol–water partition coefficient (Wildman–Crippen LogP) is 6.74. The van der Waals surface area contributed by atoms with Crippen LogP contribution in [-0.4, -0.2) is 30.2 Å². The summed E-state index contributed by atoms with van der Waals surface area (Å²) in [5.74, 6) is -1.24. The zero-order chi connectivity index (χ0) is 30.2. The number of aromatic hydroxyl groups is 1. The van der Waals surface area contributed by atoms with E-state index in [1.165, 1.54) is 12.1 Å². The molecule has 4 nitrogen and oxygen atoms in total. The highest BCUT2D eigenvalue weighted by molar-refractivity contribution is 6.99. The van der Waals surface area contributed by atoms with Crippen LogP contribution < -0.4 is 10.4 Å². The van der Waals surface area contributed by atoms with Gasteiger partial charge in [0, 0.05) is 12.8 Å². The Morgan fingerprint density at radius 3 is 1.88 bits per heavy atom. The smallest absolute Gasteiger partial charge is 0.261 e. The third-order valence-corrected chi connectivity index (χ3v) is 12.5. The molecular formula is C36H39FO4Si. The second-order valence-corrected chi connectivity index (χ2v) is 15.8. The molecule has 0 fully saturated rings. The summed E-state index contributed by atoms with van der Waals surface area (Å²) in [7, 11) is -2.84. The Balaban J connectivity index is 1.70. The van der Waals surface area contributed by atoms with Crippen molar-refractivity contribution in [1.82, 2.24) is 0 Å². The normalized spacial score (nSPS) is 13.2. The van der Waals surface area contributed by atoms with Gasteiger partial charge in [0.25, 0.3) is 8.32 Å². The lowest BCUT2D eigenvalue weighted by Gasteiger charge is -2.43.